The van der Waals surface area contributed by atoms with Crippen LogP contribution in [0, 0.1) is 0 Å². The van der Waals surface area contributed by atoms with Crippen molar-refractivity contribution in [1.29, 1.82) is 0 Å². The van der Waals surface area contributed by atoms with E-state index in [0.29, 0.717) is 52.5 Å². The van der Waals surface area contributed by atoms with Crippen LogP contribution in [0.5, 0.6) is 5.75 Å². The first-order valence-electron chi connectivity index (χ1n) is 10.2. The third-order valence-electron chi connectivity index (χ3n) is 5.23. The van der Waals surface area contributed by atoms with Crippen LogP contribution in [0.2, 0.25) is 15.1 Å². The van der Waals surface area contributed by atoms with Crippen molar-refractivity contribution in [1.82, 2.24) is 4.57 Å². The molecule has 6 nitrogen and oxygen atoms in total. The van der Waals surface area contributed by atoms with E-state index in [4.69, 9.17) is 44.3 Å². The topological polar surface area (TPSA) is 69.9 Å². The van der Waals surface area contributed by atoms with Crippen LogP contribution in [0.4, 0.5) is 0 Å². The van der Waals surface area contributed by atoms with Crippen molar-refractivity contribution in [3.8, 4) is 5.75 Å². The molecule has 34 heavy (non-hydrogen) atoms. The summed E-state index contributed by atoms with van der Waals surface area (Å²) in [6, 6.07) is 9.61. The van der Waals surface area contributed by atoms with E-state index in [9.17, 15) is 9.59 Å². The molecule has 1 aliphatic rings. The van der Waals surface area contributed by atoms with Crippen LogP contribution in [-0.2, 0) is 9.53 Å². The van der Waals surface area contributed by atoms with Gasteiger partial charge in [-0.05, 0) is 55.3 Å². The molecule has 0 N–H and O–H groups in total. The van der Waals surface area contributed by atoms with Gasteiger partial charge in [0.2, 0.25) is 0 Å². The summed E-state index contributed by atoms with van der Waals surface area (Å²) in [5.41, 5.74) is 1.83. The summed E-state index contributed by atoms with van der Waals surface area (Å²) in [5, 5.41) is 1.20. The van der Waals surface area contributed by atoms with Crippen molar-refractivity contribution in [3.05, 3.63) is 93.6 Å². The minimum atomic E-state index is -0.710. The average Bonchev–Trinajstić information content (AvgIpc) is 3.08. The number of esters is 1. The Morgan fingerprint density at radius 1 is 1.18 bits per heavy atom. The molecule has 0 radical (unpaired) electrons. The molecule has 0 spiro atoms. The van der Waals surface area contributed by atoms with Gasteiger partial charge in [0.05, 0.1) is 45.6 Å². The van der Waals surface area contributed by atoms with Gasteiger partial charge in [0, 0.05) is 5.02 Å². The highest BCUT2D eigenvalue weighted by Gasteiger charge is 2.33. The highest BCUT2D eigenvalue weighted by Crippen LogP contribution is 2.34. The Labute approximate surface area is 214 Å². The van der Waals surface area contributed by atoms with Crippen LogP contribution in [-0.4, -0.2) is 24.3 Å². The smallest absolute Gasteiger partial charge is 0.338 e. The molecule has 1 atom stereocenters. The number of ether oxygens (including phenoxy) is 2. The third kappa shape index (κ3) is 4.53. The molecule has 2 heterocycles. The van der Waals surface area contributed by atoms with Gasteiger partial charge < -0.3 is 9.47 Å². The van der Waals surface area contributed by atoms with E-state index in [1.165, 1.54) is 23.0 Å². The molecule has 1 aromatic heterocycles. The fourth-order valence-corrected chi connectivity index (χ4v) is 5.59. The second kappa shape index (κ2) is 9.96. The number of allylic oxidation sites excluding steroid dienone is 1. The predicted octanol–water partition coefficient (Wildman–Crippen LogP) is 4.77. The zero-order valence-electron chi connectivity index (χ0n) is 18.4. The van der Waals surface area contributed by atoms with E-state index < -0.39 is 12.0 Å². The molecule has 0 unspecified atom stereocenters. The zero-order valence-corrected chi connectivity index (χ0v) is 21.5. The number of methoxy groups -OCH3 is 1. The molecule has 0 saturated heterocycles. The third-order valence-corrected chi connectivity index (χ3v) is 7.02. The number of thiazole rings is 1. The summed E-state index contributed by atoms with van der Waals surface area (Å²) in [4.78, 5) is 31.5. The largest absolute Gasteiger partial charge is 0.494 e. The maximum atomic E-state index is 13.6. The first-order chi connectivity index (χ1) is 16.2. The first kappa shape index (κ1) is 24.5. The molecule has 0 bridgehead atoms. The second-order valence-corrected chi connectivity index (χ2v) is 9.63. The highest BCUT2D eigenvalue weighted by molar-refractivity contribution is 7.07. The number of fused-ring (bicyclic) bond motifs is 1. The molecular formula is C24H19Cl3N2O4S. The second-order valence-electron chi connectivity index (χ2n) is 7.37. The minimum Gasteiger partial charge on any atom is -0.494 e. The van der Waals surface area contributed by atoms with E-state index in [2.05, 4.69) is 4.99 Å². The Hall–Kier alpha value is -2.58. The van der Waals surface area contributed by atoms with E-state index in [1.54, 1.807) is 56.3 Å². The molecular weight excluding hydrogens is 519 g/mol. The summed E-state index contributed by atoms with van der Waals surface area (Å²) in [6.45, 7) is 3.66. The van der Waals surface area contributed by atoms with Crippen molar-refractivity contribution < 1.29 is 14.3 Å². The van der Waals surface area contributed by atoms with E-state index in [0.717, 1.165) is 0 Å². The molecule has 4 rings (SSSR count). The van der Waals surface area contributed by atoms with Gasteiger partial charge in [0.1, 0.15) is 0 Å². The van der Waals surface area contributed by atoms with Crippen molar-refractivity contribution >= 4 is 58.2 Å². The van der Waals surface area contributed by atoms with Crippen LogP contribution < -0.4 is 19.6 Å². The van der Waals surface area contributed by atoms with Gasteiger partial charge in [-0.3, -0.25) is 9.36 Å². The van der Waals surface area contributed by atoms with Gasteiger partial charge >= 0.3 is 5.97 Å². The maximum Gasteiger partial charge on any atom is 0.338 e. The van der Waals surface area contributed by atoms with Gasteiger partial charge in [0.15, 0.2) is 10.6 Å². The van der Waals surface area contributed by atoms with Crippen molar-refractivity contribution in [2.45, 2.75) is 19.9 Å². The Kier molecular flexibility index (Phi) is 7.19. The fourth-order valence-electron chi connectivity index (χ4n) is 3.76. The summed E-state index contributed by atoms with van der Waals surface area (Å²) >= 11 is 19.8. The summed E-state index contributed by atoms with van der Waals surface area (Å²) < 4.78 is 12.4. The molecule has 1 aliphatic heterocycles. The maximum absolute atomic E-state index is 13.6. The molecule has 0 saturated carbocycles. The number of aromatic nitrogens is 1. The fraction of sp³-hybridized carbons (Fsp3) is 0.208. The van der Waals surface area contributed by atoms with Crippen LogP contribution in [0.3, 0.4) is 0 Å². The van der Waals surface area contributed by atoms with Crippen molar-refractivity contribution in [3.63, 3.8) is 0 Å². The lowest BCUT2D eigenvalue weighted by Crippen LogP contribution is -2.39. The number of benzene rings is 2. The Balaban J connectivity index is 1.94. The SMILES string of the molecule is CCOC(=O)C1=C(C)N=c2s/c(=C\c3cc(Cl)c(OC)c(Cl)c3)c(=O)n2[C@H]1c1ccc(Cl)cc1. The Morgan fingerprint density at radius 2 is 1.82 bits per heavy atom. The van der Waals surface area contributed by atoms with Crippen molar-refractivity contribution in [2.75, 3.05) is 13.7 Å². The minimum absolute atomic E-state index is 0.201. The lowest BCUT2D eigenvalue weighted by molar-refractivity contribution is -0.139. The average molecular weight is 538 g/mol. The van der Waals surface area contributed by atoms with Crippen LogP contribution in [0.1, 0.15) is 31.0 Å². The molecule has 0 fully saturated rings. The number of carbonyl (C=O) groups is 1. The van der Waals surface area contributed by atoms with Gasteiger partial charge in [-0.2, -0.15) is 0 Å². The first-order valence-corrected chi connectivity index (χ1v) is 12.2. The van der Waals surface area contributed by atoms with E-state index >= 15 is 0 Å². The number of carbonyl (C=O) groups excluding carboxylic acids is 1. The number of hydrogen-bond acceptors (Lipinski definition) is 6. The lowest BCUT2D eigenvalue weighted by Gasteiger charge is -2.24. The lowest BCUT2D eigenvalue weighted by atomic mass is 9.96. The van der Waals surface area contributed by atoms with Crippen LogP contribution in [0.15, 0.2) is 57.5 Å². The van der Waals surface area contributed by atoms with Crippen molar-refractivity contribution in [2.24, 2.45) is 4.99 Å². The molecule has 2 aromatic carbocycles. The number of hydrogen-bond donors (Lipinski definition) is 0. The summed E-state index contributed by atoms with van der Waals surface area (Å²) in [6.07, 6.45) is 1.68. The summed E-state index contributed by atoms with van der Waals surface area (Å²) in [5.74, 6) is -0.161. The number of halogens is 3. The summed E-state index contributed by atoms with van der Waals surface area (Å²) in [7, 11) is 1.48. The van der Waals surface area contributed by atoms with E-state index in [-0.39, 0.29) is 12.2 Å². The highest BCUT2D eigenvalue weighted by atomic mass is 35.5. The standard InChI is InChI=1S/C24H19Cl3N2O4S/c1-4-33-23(31)19-12(2)28-24-29(20(19)14-5-7-15(25)8-6-14)22(30)18(34-24)11-13-9-16(26)21(32-3)17(27)10-13/h5-11,20H,4H2,1-3H3/b18-11-/t20-/m0/s1. The molecule has 0 amide bonds. The number of rotatable bonds is 5. The number of nitrogens with zero attached hydrogens (tertiary/aromatic N) is 2. The van der Waals surface area contributed by atoms with Gasteiger partial charge in [0.25, 0.3) is 5.56 Å². The van der Waals surface area contributed by atoms with Gasteiger partial charge in [-0.25, -0.2) is 9.79 Å². The molecule has 176 valence electrons. The Bertz CT molecular complexity index is 1470. The zero-order chi connectivity index (χ0) is 24.6. The quantitative estimate of drug-likeness (QED) is 0.440. The van der Waals surface area contributed by atoms with E-state index in [1.807, 2.05) is 0 Å². The van der Waals surface area contributed by atoms with Gasteiger partial charge in [-0.15, -0.1) is 0 Å². The monoisotopic (exact) mass is 536 g/mol. The molecule has 3 aromatic rings. The van der Waals surface area contributed by atoms with Crippen LogP contribution in [0.25, 0.3) is 6.08 Å². The van der Waals surface area contributed by atoms with Gasteiger partial charge in [-0.1, -0.05) is 58.3 Å². The molecule has 10 heteroatoms. The normalized spacial score (nSPS) is 15.7. The van der Waals surface area contributed by atoms with Crippen LogP contribution >= 0.6 is 46.1 Å². The predicted molar refractivity (Wildman–Crippen MR) is 135 cm³/mol. The Morgan fingerprint density at radius 3 is 2.41 bits per heavy atom. The molecule has 0 aliphatic carbocycles.